The van der Waals surface area contributed by atoms with Crippen molar-refractivity contribution in [2.24, 2.45) is 30.7 Å². The zero-order valence-electron chi connectivity index (χ0n) is 23.8. The summed E-state index contributed by atoms with van der Waals surface area (Å²) in [5.74, 6) is 4.60. The summed E-state index contributed by atoms with van der Waals surface area (Å²) in [4.78, 5) is 20.8. The van der Waals surface area contributed by atoms with Gasteiger partial charge in [0.2, 0.25) is 0 Å². The van der Waals surface area contributed by atoms with Crippen molar-refractivity contribution in [3.8, 4) is 17.3 Å². The number of amides is 1. The van der Waals surface area contributed by atoms with Crippen LogP contribution in [0.15, 0.2) is 42.5 Å². The molecule has 0 radical (unpaired) electrons. The Morgan fingerprint density at radius 3 is 2.70 bits per heavy atom. The molecule has 1 amide bonds. The van der Waals surface area contributed by atoms with Crippen LogP contribution in [0.1, 0.15) is 61.4 Å². The van der Waals surface area contributed by atoms with E-state index in [0.29, 0.717) is 29.2 Å². The molecule has 2 unspecified atom stereocenters. The molecule has 3 atom stereocenters. The maximum absolute atomic E-state index is 13.6. The minimum absolute atomic E-state index is 0.109. The highest BCUT2D eigenvalue weighted by molar-refractivity contribution is 6.00. The first-order valence-electron chi connectivity index (χ1n) is 15.1. The van der Waals surface area contributed by atoms with Crippen molar-refractivity contribution in [2.45, 2.75) is 58.0 Å². The predicted molar refractivity (Wildman–Crippen MR) is 159 cm³/mol. The molecule has 3 heterocycles. The van der Waals surface area contributed by atoms with Gasteiger partial charge in [0.1, 0.15) is 11.3 Å². The smallest absolute Gasteiger partial charge is 0.254 e. The summed E-state index contributed by atoms with van der Waals surface area (Å²) in [5, 5.41) is 1.25. The molecule has 0 N–H and O–H groups in total. The Kier molecular flexibility index (Phi) is 5.45. The molecular formula is C34H38N4O2. The van der Waals surface area contributed by atoms with Crippen LogP contribution in [0.25, 0.3) is 39.5 Å². The number of methoxy groups -OCH3 is 1. The largest absolute Gasteiger partial charge is 0.494 e. The third kappa shape index (κ3) is 3.98. The van der Waals surface area contributed by atoms with Crippen molar-refractivity contribution in [2.75, 3.05) is 13.7 Å². The molecule has 4 aliphatic rings. The number of likely N-dealkylation sites (tertiary alicyclic amines) is 1. The molecule has 8 rings (SSSR count). The van der Waals surface area contributed by atoms with E-state index in [0.717, 1.165) is 53.9 Å². The van der Waals surface area contributed by atoms with Gasteiger partial charge < -0.3 is 18.8 Å². The highest BCUT2D eigenvalue weighted by atomic mass is 16.5. The number of nitrogens with zero attached hydrogens (tertiary/aromatic N) is 4. The van der Waals surface area contributed by atoms with Crippen LogP contribution in [0.3, 0.4) is 0 Å². The zero-order chi connectivity index (χ0) is 27.1. The number of fused-ring (bicyclic) bond motifs is 3. The van der Waals surface area contributed by atoms with Crippen LogP contribution in [0, 0.1) is 23.7 Å². The normalized spacial score (nSPS) is 24.3. The van der Waals surface area contributed by atoms with Crippen LogP contribution >= 0.6 is 0 Å². The average molecular weight is 535 g/mol. The van der Waals surface area contributed by atoms with Crippen LogP contribution < -0.4 is 4.74 Å². The molecular weight excluding hydrogens is 496 g/mol. The summed E-state index contributed by atoms with van der Waals surface area (Å²) in [6, 6.07) is 13.4. The van der Waals surface area contributed by atoms with Crippen molar-refractivity contribution in [1.29, 1.82) is 0 Å². The molecule has 0 bridgehead atoms. The number of hydrogen-bond donors (Lipinski definition) is 0. The number of carbonyl (C=O) groups excluding carboxylic acids is 1. The third-order valence-electron chi connectivity index (χ3n) is 9.86. The molecule has 4 fully saturated rings. The quantitative estimate of drug-likeness (QED) is 0.259. The average Bonchev–Trinajstić information content (AvgIpc) is 3.87. The van der Waals surface area contributed by atoms with Crippen LogP contribution in [0.5, 0.6) is 5.75 Å². The fourth-order valence-corrected chi connectivity index (χ4v) is 7.29. The van der Waals surface area contributed by atoms with E-state index < -0.39 is 0 Å². The van der Waals surface area contributed by atoms with Crippen LogP contribution in [-0.4, -0.2) is 44.6 Å². The molecule has 40 heavy (non-hydrogen) atoms. The summed E-state index contributed by atoms with van der Waals surface area (Å²) in [6.45, 7) is 4.19. The van der Waals surface area contributed by atoms with E-state index >= 15 is 0 Å². The van der Waals surface area contributed by atoms with E-state index in [1.165, 1.54) is 48.6 Å². The van der Waals surface area contributed by atoms with Gasteiger partial charge in [0.05, 0.1) is 18.3 Å². The summed E-state index contributed by atoms with van der Waals surface area (Å²) < 4.78 is 10.5. The number of aromatic nitrogens is 3. The van der Waals surface area contributed by atoms with Gasteiger partial charge in [-0.25, -0.2) is 4.98 Å². The second-order valence-electron chi connectivity index (χ2n) is 13.0. The SMILES string of the molecule is COc1cc(C(=O)N2C[C@H]3CC(C)CC32)cc2nc(-c3cc4cc(/C=C/C5CC5)ccc4n3CC3CC3)n(C)c12. The fourth-order valence-electron chi connectivity index (χ4n) is 7.29. The monoisotopic (exact) mass is 534 g/mol. The topological polar surface area (TPSA) is 52.3 Å². The number of carbonyl (C=O) groups is 1. The third-order valence-corrected chi connectivity index (χ3v) is 9.86. The summed E-state index contributed by atoms with van der Waals surface area (Å²) in [7, 11) is 3.76. The van der Waals surface area contributed by atoms with Gasteiger partial charge in [0.25, 0.3) is 5.91 Å². The van der Waals surface area contributed by atoms with Gasteiger partial charge in [-0.15, -0.1) is 0 Å². The lowest BCUT2D eigenvalue weighted by Crippen LogP contribution is -2.55. The van der Waals surface area contributed by atoms with Crippen LogP contribution in [-0.2, 0) is 13.6 Å². The van der Waals surface area contributed by atoms with Crippen molar-refractivity contribution >= 4 is 33.9 Å². The molecule has 2 aromatic heterocycles. The Bertz CT molecular complexity index is 1690. The summed E-state index contributed by atoms with van der Waals surface area (Å²) >= 11 is 0. The Morgan fingerprint density at radius 2 is 1.95 bits per heavy atom. The zero-order valence-corrected chi connectivity index (χ0v) is 23.8. The first-order chi connectivity index (χ1) is 19.5. The lowest BCUT2D eigenvalue weighted by molar-refractivity contribution is 0.0269. The van der Waals surface area contributed by atoms with E-state index in [2.05, 4.69) is 64.4 Å². The molecule has 0 spiro atoms. The Hall–Kier alpha value is -3.54. The summed E-state index contributed by atoms with van der Waals surface area (Å²) in [5.41, 5.74) is 6.07. The van der Waals surface area contributed by atoms with Crippen molar-refractivity contribution in [1.82, 2.24) is 19.0 Å². The Morgan fingerprint density at radius 1 is 1.10 bits per heavy atom. The van der Waals surface area contributed by atoms with Crippen molar-refractivity contribution < 1.29 is 9.53 Å². The molecule has 6 heteroatoms. The van der Waals surface area contributed by atoms with E-state index in [-0.39, 0.29) is 5.91 Å². The molecule has 3 aliphatic carbocycles. The highest BCUT2D eigenvalue weighted by Crippen LogP contribution is 2.44. The van der Waals surface area contributed by atoms with Crippen molar-refractivity contribution in [3.63, 3.8) is 0 Å². The van der Waals surface area contributed by atoms with Gasteiger partial charge in [-0.3, -0.25) is 4.79 Å². The first kappa shape index (κ1) is 24.3. The lowest BCUT2D eigenvalue weighted by atomic mass is 9.91. The summed E-state index contributed by atoms with van der Waals surface area (Å²) in [6.07, 6.45) is 12.2. The number of allylic oxidation sites excluding steroid dienone is 1. The molecule has 3 saturated carbocycles. The fraction of sp³-hybridized carbons (Fsp3) is 0.471. The maximum atomic E-state index is 13.6. The van der Waals surface area contributed by atoms with Gasteiger partial charge in [-0.1, -0.05) is 25.1 Å². The van der Waals surface area contributed by atoms with E-state index in [4.69, 9.17) is 9.72 Å². The molecule has 6 nitrogen and oxygen atoms in total. The van der Waals surface area contributed by atoms with E-state index in [1.54, 1.807) is 7.11 Å². The second-order valence-corrected chi connectivity index (χ2v) is 13.0. The standard InChI is InChI=1S/C34H38N4O2/c1-20-12-26-19-38(29(26)13-20)34(39)25-15-27-32(31(17-25)40-3)36(2)33(35-27)30-16-24-14-22(7-6-21-4-5-21)10-11-28(24)37(30)18-23-8-9-23/h6-7,10-11,14-17,20-21,23,26,29H,4-5,8-9,12-13,18-19H2,1-3H3/b7-6+/t20?,26-,29?/m1/s1. The van der Waals surface area contributed by atoms with Gasteiger partial charge >= 0.3 is 0 Å². The first-order valence-corrected chi connectivity index (χ1v) is 15.1. The van der Waals surface area contributed by atoms with Gasteiger partial charge in [-0.2, -0.15) is 0 Å². The molecule has 206 valence electrons. The van der Waals surface area contributed by atoms with Crippen LogP contribution in [0.4, 0.5) is 0 Å². The molecule has 1 saturated heterocycles. The van der Waals surface area contributed by atoms with E-state index in [9.17, 15) is 4.79 Å². The molecule has 1 aliphatic heterocycles. The Balaban J connectivity index is 1.20. The lowest BCUT2D eigenvalue weighted by Gasteiger charge is -2.44. The van der Waals surface area contributed by atoms with Gasteiger partial charge in [0.15, 0.2) is 5.82 Å². The number of hydrogen-bond acceptors (Lipinski definition) is 3. The number of rotatable bonds is 7. The number of aryl methyl sites for hydroxylation is 1. The minimum Gasteiger partial charge on any atom is -0.494 e. The predicted octanol–water partition coefficient (Wildman–Crippen LogP) is 6.91. The van der Waals surface area contributed by atoms with Crippen molar-refractivity contribution in [3.05, 3.63) is 53.6 Å². The second kappa shape index (κ2) is 8.98. The van der Waals surface area contributed by atoms with Gasteiger partial charge in [0, 0.05) is 42.6 Å². The molecule has 4 aromatic rings. The maximum Gasteiger partial charge on any atom is 0.254 e. The number of benzene rings is 2. The van der Waals surface area contributed by atoms with E-state index in [1.807, 2.05) is 12.1 Å². The number of ether oxygens (including phenoxy) is 1. The minimum atomic E-state index is 0.109. The number of imidazole rings is 1. The molecule has 2 aromatic carbocycles. The van der Waals surface area contributed by atoms with Gasteiger partial charge in [-0.05, 0) is 98.1 Å². The highest BCUT2D eigenvalue weighted by Gasteiger charge is 2.47. The van der Waals surface area contributed by atoms with Crippen LogP contribution in [0.2, 0.25) is 0 Å². The Labute approximate surface area is 235 Å².